The zero-order valence-electron chi connectivity index (χ0n) is 10.6. The summed E-state index contributed by atoms with van der Waals surface area (Å²) in [5, 5.41) is 15.6. The minimum absolute atomic E-state index is 0.387. The molecule has 5 nitrogen and oxygen atoms in total. The zero-order chi connectivity index (χ0) is 14.5. The summed E-state index contributed by atoms with van der Waals surface area (Å²) in [5.74, 6) is 0.937. The molecule has 1 aromatic heterocycles. The standard InChI is InChI=1S/C13H11BrClN5/c1-2-17-13-18-7-10(15)12(20-13)19-11-4-3-9(14)5-8(11)6-16/h3-5,7H,2H2,1H3,(H2,17,18,19,20). The molecule has 0 saturated carbocycles. The molecule has 0 amide bonds. The van der Waals surface area contributed by atoms with Crippen LogP contribution >= 0.6 is 27.5 Å². The highest BCUT2D eigenvalue weighted by atomic mass is 79.9. The maximum Gasteiger partial charge on any atom is 0.224 e. The quantitative estimate of drug-likeness (QED) is 0.872. The van der Waals surface area contributed by atoms with E-state index in [9.17, 15) is 0 Å². The van der Waals surface area contributed by atoms with Gasteiger partial charge in [0.15, 0.2) is 5.82 Å². The monoisotopic (exact) mass is 351 g/mol. The fourth-order valence-electron chi connectivity index (χ4n) is 1.54. The van der Waals surface area contributed by atoms with Crippen molar-refractivity contribution in [2.24, 2.45) is 0 Å². The second-order valence-corrected chi connectivity index (χ2v) is 5.17. The number of nitrogens with one attached hydrogen (secondary N) is 2. The van der Waals surface area contributed by atoms with E-state index in [2.05, 4.69) is 42.6 Å². The van der Waals surface area contributed by atoms with Gasteiger partial charge in [0.05, 0.1) is 17.4 Å². The lowest BCUT2D eigenvalue weighted by Gasteiger charge is -2.10. The van der Waals surface area contributed by atoms with Crippen LogP contribution in [0.5, 0.6) is 0 Å². The Labute approximate surface area is 130 Å². The molecule has 1 heterocycles. The SMILES string of the molecule is CCNc1ncc(Cl)c(Nc2ccc(Br)cc2C#N)n1. The van der Waals surface area contributed by atoms with Gasteiger partial charge in [0.2, 0.25) is 5.95 Å². The van der Waals surface area contributed by atoms with Crippen molar-refractivity contribution in [1.82, 2.24) is 9.97 Å². The molecule has 7 heteroatoms. The molecule has 0 bridgehead atoms. The number of rotatable bonds is 4. The number of nitrogens with zero attached hydrogens (tertiary/aromatic N) is 3. The fourth-order valence-corrected chi connectivity index (χ4v) is 2.04. The lowest BCUT2D eigenvalue weighted by Crippen LogP contribution is -2.05. The second-order valence-electron chi connectivity index (χ2n) is 3.85. The van der Waals surface area contributed by atoms with Crippen molar-refractivity contribution in [3.8, 4) is 6.07 Å². The van der Waals surface area contributed by atoms with Crippen molar-refractivity contribution >= 4 is 45.0 Å². The molecule has 2 aromatic rings. The highest BCUT2D eigenvalue weighted by Gasteiger charge is 2.08. The normalized spacial score (nSPS) is 9.90. The van der Waals surface area contributed by atoms with E-state index in [1.54, 1.807) is 12.1 Å². The lowest BCUT2D eigenvalue weighted by molar-refractivity contribution is 1.09. The van der Waals surface area contributed by atoms with E-state index < -0.39 is 0 Å². The van der Waals surface area contributed by atoms with Gasteiger partial charge in [0.1, 0.15) is 11.1 Å². The molecular formula is C13H11BrClN5. The van der Waals surface area contributed by atoms with Gasteiger partial charge >= 0.3 is 0 Å². The first-order valence-electron chi connectivity index (χ1n) is 5.87. The Balaban J connectivity index is 2.34. The topological polar surface area (TPSA) is 73.6 Å². The molecule has 1 aromatic carbocycles. The van der Waals surface area contributed by atoms with Crippen molar-refractivity contribution in [2.75, 3.05) is 17.2 Å². The summed E-state index contributed by atoms with van der Waals surface area (Å²) < 4.78 is 0.835. The summed E-state index contributed by atoms with van der Waals surface area (Å²) >= 11 is 9.39. The van der Waals surface area contributed by atoms with Crippen molar-refractivity contribution in [2.45, 2.75) is 6.92 Å². The van der Waals surface area contributed by atoms with Crippen molar-refractivity contribution in [3.05, 3.63) is 39.5 Å². The van der Waals surface area contributed by atoms with E-state index >= 15 is 0 Å². The first-order chi connectivity index (χ1) is 9.63. The lowest BCUT2D eigenvalue weighted by atomic mass is 10.2. The number of halogens is 2. The van der Waals surface area contributed by atoms with Crippen LogP contribution in [0.1, 0.15) is 12.5 Å². The van der Waals surface area contributed by atoms with E-state index in [4.69, 9.17) is 16.9 Å². The molecular weight excluding hydrogens is 342 g/mol. The van der Waals surface area contributed by atoms with Gasteiger partial charge in [-0.2, -0.15) is 10.2 Å². The molecule has 0 radical (unpaired) electrons. The molecule has 0 aliphatic rings. The molecule has 102 valence electrons. The number of aromatic nitrogens is 2. The van der Waals surface area contributed by atoms with Crippen molar-refractivity contribution in [3.63, 3.8) is 0 Å². The minimum Gasteiger partial charge on any atom is -0.354 e. The average molecular weight is 353 g/mol. The van der Waals surface area contributed by atoms with E-state index in [0.717, 1.165) is 4.47 Å². The first-order valence-corrected chi connectivity index (χ1v) is 7.04. The molecule has 0 aliphatic carbocycles. The predicted molar refractivity (Wildman–Crippen MR) is 83.3 cm³/mol. The van der Waals surface area contributed by atoms with Gasteiger partial charge in [-0.05, 0) is 25.1 Å². The first kappa shape index (κ1) is 14.6. The smallest absolute Gasteiger partial charge is 0.224 e. The highest BCUT2D eigenvalue weighted by Crippen LogP contribution is 2.27. The number of benzene rings is 1. The summed E-state index contributed by atoms with van der Waals surface area (Å²) in [6, 6.07) is 7.47. The summed E-state index contributed by atoms with van der Waals surface area (Å²) in [5.41, 5.74) is 1.14. The van der Waals surface area contributed by atoms with Crippen LogP contribution < -0.4 is 10.6 Å². The average Bonchev–Trinajstić information content (AvgIpc) is 2.44. The summed E-state index contributed by atoms with van der Waals surface area (Å²) in [6.45, 7) is 2.66. The van der Waals surface area contributed by atoms with Gasteiger partial charge in [-0.1, -0.05) is 27.5 Å². The van der Waals surface area contributed by atoms with E-state index in [0.29, 0.717) is 34.6 Å². The predicted octanol–water partition coefficient (Wildman–Crippen LogP) is 3.94. The molecule has 0 aliphatic heterocycles. The third-order valence-corrected chi connectivity index (χ3v) is 3.20. The van der Waals surface area contributed by atoms with Crippen molar-refractivity contribution in [1.29, 1.82) is 5.26 Å². The van der Waals surface area contributed by atoms with Gasteiger partial charge in [0.25, 0.3) is 0 Å². The Hall–Kier alpha value is -1.84. The van der Waals surface area contributed by atoms with Gasteiger partial charge < -0.3 is 10.6 Å². The molecule has 0 unspecified atom stereocenters. The van der Waals surface area contributed by atoms with Crippen LogP contribution in [0.3, 0.4) is 0 Å². The second kappa shape index (κ2) is 6.55. The van der Waals surface area contributed by atoms with Crippen LogP contribution in [0, 0.1) is 11.3 Å². The van der Waals surface area contributed by atoms with E-state index in [1.807, 2.05) is 13.0 Å². The Morgan fingerprint density at radius 1 is 1.45 bits per heavy atom. The van der Waals surface area contributed by atoms with Gasteiger partial charge in [-0.15, -0.1) is 0 Å². The summed E-state index contributed by atoms with van der Waals surface area (Å²) in [4.78, 5) is 8.33. The number of hydrogen-bond donors (Lipinski definition) is 2. The van der Waals surface area contributed by atoms with Crippen molar-refractivity contribution < 1.29 is 0 Å². The molecule has 20 heavy (non-hydrogen) atoms. The third kappa shape index (κ3) is 3.38. The van der Waals surface area contributed by atoms with Crippen LogP contribution in [-0.4, -0.2) is 16.5 Å². The maximum absolute atomic E-state index is 9.14. The van der Waals surface area contributed by atoms with Crippen LogP contribution in [0.2, 0.25) is 5.02 Å². The minimum atomic E-state index is 0.387. The molecule has 2 rings (SSSR count). The van der Waals surface area contributed by atoms with Gasteiger partial charge in [0, 0.05) is 11.0 Å². The fraction of sp³-hybridized carbons (Fsp3) is 0.154. The van der Waals surface area contributed by atoms with Crippen LogP contribution in [-0.2, 0) is 0 Å². The van der Waals surface area contributed by atoms with Crippen LogP contribution in [0.25, 0.3) is 0 Å². The Morgan fingerprint density at radius 2 is 2.25 bits per heavy atom. The zero-order valence-corrected chi connectivity index (χ0v) is 13.0. The van der Waals surface area contributed by atoms with Gasteiger partial charge in [-0.25, -0.2) is 4.98 Å². The number of nitriles is 1. The molecule has 2 N–H and O–H groups in total. The third-order valence-electron chi connectivity index (χ3n) is 2.43. The van der Waals surface area contributed by atoms with Crippen LogP contribution in [0.15, 0.2) is 28.9 Å². The summed E-state index contributed by atoms with van der Waals surface area (Å²) in [6.07, 6.45) is 1.51. The molecule has 0 spiro atoms. The number of anilines is 3. The Morgan fingerprint density at radius 3 is 2.95 bits per heavy atom. The molecule has 0 fully saturated rings. The highest BCUT2D eigenvalue weighted by molar-refractivity contribution is 9.10. The van der Waals surface area contributed by atoms with E-state index in [-0.39, 0.29) is 0 Å². The van der Waals surface area contributed by atoms with Gasteiger partial charge in [-0.3, -0.25) is 0 Å². The van der Waals surface area contributed by atoms with E-state index in [1.165, 1.54) is 6.20 Å². The molecule has 0 atom stereocenters. The van der Waals surface area contributed by atoms with Crippen LogP contribution in [0.4, 0.5) is 17.5 Å². The largest absolute Gasteiger partial charge is 0.354 e. The number of hydrogen-bond acceptors (Lipinski definition) is 5. The maximum atomic E-state index is 9.14. The molecule has 0 saturated heterocycles. The Bertz CT molecular complexity index is 668. The Kier molecular flexibility index (Phi) is 4.77. The summed E-state index contributed by atoms with van der Waals surface area (Å²) in [7, 11) is 0.